The topological polar surface area (TPSA) is 106 Å². The van der Waals surface area contributed by atoms with Crippen LogP contribution in [0.4, 0.5) is 5.69 Å². The average Bonchev–Trinajstić information content (AvgIpc) is 2.96. The van der Waals surface area contributed by atoms with Gasteiger partial charge in [0.05, 0.1) is 4.90 Å². The Labute approximate surface area is 139 Å². The third kappa shape index (κ3) is 3.14. The van der Waals surface area contributed by atoms with Gasteiger partial charge in [-0.25, -0.2) is 18.4 Å². The summed E-state index contributed by atoms with van der Waals surface area (Å²) < 4.78 is 22.7. The molecule has 7 heteroatoms. The standard InChI is InChI=1S/C17H14N2O4S/c18-24(22,23)15-3-1-2-14(9-15)19-17(21)12-6-4-11-5-7-13(10-20)16(11)8-12/h1-4,6,8-9H,5,7H2,(H,19,21)(H2,18,22,23). The van der Waals surface area contributed by atoms with E-state index in [-0.39, 0.29) is 4.90 Å². The van der Waals surface area contributed by atoms with Gasteiger partial charge in [0.15, 0.2) is 0 Å². The summed E-state index contributed by atoms with van der Waals surface area (Å²) in [4.78, 5) is 23.2. The van der Waals surface area contributed by atoms with Crippen LogP contribution in [0, 0.1) is 0 Å². The molecule has 24 heavy (non-hydrogen) atoms. The maximum Gasteiger partial charge on any atom is 0.255 e. The van der Waals surface area contributed by atoms with Gasteiger partial charge in [-0.05, 0) is 54.3 Å². The highest BCUT2D eigenvalue weighted by atomic mass is 32.2. The lowest BCUT2D eigenvalue weighted by atomic mass is 10.0. The first kappa shape index (κ1) is 16.1. The van der Waals surface area contributed by atoms with E-state index in [0.29, 0.717) is 23.2 Å². The molecule has 1 aliphatic rings. The molecule has 1 aliphatic carbocycles. The first-order valence-electron chi connectivity index (χ1n) is 7.20. The van der Waals surface area contributed by atoms with Crippen LogP contribution in [-0.4, -0.2) is 20.3 Å². The maximum atomic E-state index is 12.4. The molecule has 6 nitrogen and oxygen atoms in total. The van der Waals surface area contributed by atoms with Crippen molar-refractivity contribution in [2.45, 2.75) is 17.7 Å². The molecule has 3 rings (SSSR count). The van der Waals surface area contributed by atoms with E-state index in [2.05, 4.69) is 5.32 Å². The fourth-order valence-electron chi connectivity index (χ4n) is 2.67. The predicted octanol–water partition coefficient (Wildman–Crippen LogP) is 1.75. The Morgan fingerprint density at radius 2 is 1.92 bits per heavy atom. The Hall–Kier alpha value is -2.73. The van der Waals surface area contributed by atoms with Gasteiger partial charge < -0.3 is 5.32 Å². The van der Waals surface area contributed by atoms with E-state index in [4.69, 9.17) is 5.14 Å². The van der Waals surface area contributed by atoms with Gasteiger partial charge in [-0.2, -0.15) is 0 Å². The number of hydrogen-bond donors (Lipinski definition) is 2. The quantitative estimate of drug-likeness (QED) is 0.829. The van der Waals surface area contributed by atoms with Gasteiger partial charge in [-0.3, -0.25) is 4.79 Å². The summed E-state index contributed by atoms with van der Waals surface area (Å²) in [5.74, 6) is 1.51. The summed E-state index contributed by atoms with van der Waals surface area (Å²) in [6.07, 6.45) is 1.39. The number of carbonyl (C=O) groups excluding carboxylic acids is 2. The van der Waals surface area contributed by atoms with Gasteiger partial charge in [0.25, 0.3) is 5.91 Å². The minimum absolute atomic E-state index is 0.0829. The summed E-state index contributed by atoms with van der Waals surface area (Å²) in [7, 11) is -3.84. The smallest absolute Gasteiger partial charge is 0.255 e. The van der Waals surface area contributed by atoms with Crippen LogP contribution in [0.15, 0.2) is 47.4 Å². The number of nitrogens with two attached hydrogens (primary N) is 1. The SMILES string of the molecule is NS(=O)(=O)c1cccc(NC(=O)c2ccc3c(c2)C(=C=O)CC3)c1. The maximum absolute atomic E-state index is 12.4. The number of aryl methyl sites for hydroxylation is 1. The summed E-state index contributed by atoms with van der Waals surface area (Å²) in [5, 5.41) is 7.71. The summed E-state index contributed by atoms with van der Waals surface area (Å²) in [6.45, 7) is 0. The monoisotopic (exact) mass is 342 g/mol. The number of allylic oxidation sites excluding steroid dienone is 1. The Kier molecular flexibility index (Phi) is 4.07. The minimum atomic E-state index is -3.84. The number of fused-ring (bicyclic) bond motifs is 1. The molecular weight excluding hydrogens is 328 g/mol. The normalized spacial score (nSPS) is 13.3. The molecule has 0 aliphatic heterocycles. The lowest BCUT2D eigenvalue weighted by Crippen LogP contribution is -2.15. The molecule has 0 unspecified atom stereocenters. The summed E-state index contributed by atoms with van der Waals surface area (Å²) >= 11 is 0. The van der Waals surface area contributed by atoms with Crippen molar-refractivity contribution in [3.05, 3.63) is 59.2 Å². The number of primary sulfonamides is 1. The Balaban J connectivity index is 1.88. The minimum Gasteiger partial charge on any atom is -0.322 e. The lowest BCUT2D eigenvalue weighted by Gasteiger charge is -2.08. The van der Waals surface area contributed by atoms with E-state index >= 15 is 0 Å². The number of nitrogens with one attached hydrogen (secondary N) is 1. The van der Waals surface area contributed by atoms with Crippen LogP contribution in [0.25, 0.3) is 5.57 Å². The molecular formula is C17H14N2O4S. The number of anilines is 1. The van der Waals surface area contributed by atoms with Gasteiger partial charge in [0.2, 0.25) is 10.0 Å². The van der Waals surface area contributed by atoms with Gasteiger partial charge in [-0.1, -0.05) is 12.1 Å². The van der Waals surface area contributed by atoms with Crippen molar-refractivity contribution in [2.24, 2.45) is 5.14 Å². The Morgan fingerprint density at radius 1 is 1.12 bits per heavy atom. The van der Waals surface area contributed by atoms with Crippen molar-refractivity contribution in [1.82, 2.24) is 0 Å². The van der Waals surface area contributed by atoms with E-state index in [0.717, 1.165) is 17.5 Å². The molecule has 3 N–H and O–H groups in total. The third-order valence-electron chi connectivity index (χ3n) is 3.89. The molecule has 0 atom stereocenters. The largest absolute Gasteiger partial charge is 0.322 e. The molecule has 0 aromatic heterocycles. The van der Waals surface area contributed by atoms with E-state index in [1.165, 1.54) is 18.2 Å². The molecule has 0 bridgehead atoms. The van der Waals surface area contributed by atoms with E-state index in [9.17, 15) is 18.0 Å². The van der Waals surface area contributed by atoms with Crippen molar-refractivity contribution >= 4 is 33.1 Å². The van der Waals surface area contributed by atoms with Crippen molar-refractivity contribution in [3.8, 4) is 0 Å². The van der Waals surface area contributed by atoms with Gasteiger partial charge >= 0.3 is 0 Å². The van der Waals surface area contributed by atoms with Crippen LogP contribution in [0.2, 0.25) is 0 Å². The fraction of sp³-hybridized carbons (Fsp3) is 0.118. The molecule has 0 radical (unpaired) electrons. The van der Waals surface area contributed by atoms with Crippen molar-refractivity contribution in [2.75, 3.05) is 5.32 Å². The van der Waals surface area contributed by atoms with Crippen LogP contribution in [0.5, 0.6) is 0 Å². The second kappa shape index (κ2) is 6.05. The second-order valence-corrected chi connectivity index (χ2v) is 7.04. The van der Waals surface area contributed by atoms with Gasteiger partial charge in [-0.15, -0.1) is 0 Å². The number of sulfonamides is 1. The zero-order valence-corrected chi connectivity index (χ0v) is 13.4. The highest BCUT2D eigenvalue weighted by Crippen LogP contribution is 2.31. The first-order valence-corrected chi connectivity index (χ1v) is 8.74. The molecule has 0 saturated heterocycles. The van der Waals surface area contributed by atoms with E-state index < -0.39 is 15.9 Å². The Morgan fingerprint density at radius 3 is 2.62 bits per heavy atom. The number of hydrogen-bond acceptors (Lipinski definition) is 4. The zero-order valence-electron chi connectivity index (χ0n) is 12.6. The average molecular weight is 342 g/mol. The highest BCUT2D eigenvalue weighted by molar-refractivity contribution is 7.89. The molecule has 1 amide bonds. The van der Waals surface area contributed by atoms with Crippen molar-refractivity contribution in [1.29, 1.82) is 0 Å². The number of benzene rings is 2. The summed E-state index contributed by atoms with van der Waals surface area (Å²) in [5.41, 5.74) is 3.02. The van der Waals surface area contributed by atoms with Crippen molar-refractivity contribution < 1.29 is 18.0 Å². The summed E-state index contributed by atoms with van der Waals surface area (Å²) in [6, 6.07) is 10.8. The first-order chi connectivity index (χ1) is 11.4. The van der Waals surface area contributed by atoms with Crippen LogP contribution < -0.4 is 10.5 Å². The lowest BCUT2D eigenvalue weighted by molar-refractivity contribution is 0.102. The van der Waals surface area contributed by atoms with Gasteiger partial charge in [0.1, 0.15) is 5.94 Å². The van der Waals surface area contributed by atoms with Crippen molar-refractivity contribution in [3.63, 3.8) is 0 Å². The molecule has 2 aromatic rings. The molecule has 2 aromatic carbocycles. The van der Waals surface area contributed by atoms with E-state index in [1.807, 2.05) is 12.0 Å². The predicted molar refractivity (Wildman–Crippen MR) is 89.6 cm³/mol. The Bertz CT molecular complexity index is 989. The second-order valence-electron chi connectivity index (χ2n) is 5.48. The number of amides is 1. The van der Waals surface area contributed by atoms with Crippen LogP contribution in [0.1, 0.15) is 27.9 Å². The third-order valence-corrected chi connectivity index (χ3v) is 4.80. The molecule has 0 spiro atoms. The van der Waals surface area contributed by atoms with Gasteiger partial charge in [0, 0.05) is 16.8 Å². The molecule has 0 fully saturated rings. The number of carbonyl (C=O) groups is 1. The number of rotatable bonds is 3. The zero-order chi connectivity index (χ0) is 17.3. The van der Waals surface area contributed by atoms with Crippen LogP contribution in [-0.2, 0) is 21.2 Å². The molecule has 122 valence electrons. The molecule has 0 heterocycles. The van der Waals surface area contributed by atoms with Crippen LogP contribution in [0.3, 0.4) is 0 Å². The fourth-order valence-corrected chi connectivity index (χ4v) is 3.23. The van der Waals surface area contributed by atoms with E-state index in [1.54, 1.807) is 18.2 Å². The van der Waals surface area contributed by atoms with Crippen LogP contribution >= 0.6 is 0 Å². The molecule has 0 saturated carbocycles. The highest BCUT2D eigenvalue weighted by Gasteiger charge is 2.19.